The molecule has 0 N–H and O–H groups in total. The van der Waals surface area contributed by atoms with E-state index >= 15 is 0 Å². The van der Waals surface area contributed by atoms with Crippen molar-refractivity contribution in [3.05, 3.63) is 227 Å². The van der Waals surface area contributed by atoms with Crippen LogP contribution >= 0.6 is 0 Å². The Balaban J connectivity index is 0.000000168. The lowest BCUT2D eigenvalue weighted by molar-refractivity contribution is -0.687. The molecule has 0 fully saturated rings. The Kier molecular flexibility index (Phi) is 31.2. The van der Waals surface area contributed by atoms with Crippen molar-refractivity contribution < 1.29 is 13.7 Å². The zero-order valence-electron chi connectivity index (χ0n) is 77.2. The number of aromatic nitrogens is 14. The maximum absolute atomic E-state index is 4.55. The molecule has 14 heterocycles. The number of hydrogen-bond acceptors (Lipinski definition) is 7. The smallest absolute Gasteiger partial charge is 0.210 e. The first-order valence-electron chi connectivity index (χ1n) is 42.7. The summed E-state index contributed by atoms with van der Waals surface area (Å²) in [5, 5.41) is 14.3. The molecule has 14 rings (SSSR count). The van der Waals surface area contributed by atoms with Gasteiger partial charge < -0.3 is 18.3 Å². The van der Waals surface area contributed by atoms with Crippen molar-refractivity contribution >= 4 is 75.8 Å². The average molecular weight is 1550 g/mol. The molecule has 0 atom stereocenters. The van der Waals surface area contributed by atoms with Gasteiger partial charge in [-0.15, -0.1) is 0 Å². The van der Waals surface area contributed by atoms with Gasteiger partial charge in [-0.25, -0.2) is 18.7 Å². The molecule has 0 spiro atoms. The molecule has 115 heavy (non-hydrogen) atoms. The van der Waals surface area contributed by atoms with Crippen molar-refractivity contribution in [2.45, 2.75) is 277 Å². The fourth-order valence-corrected chi connectivity index (χ4v) is 18.4. The molecule has 14 aromatic heterocycles. The predicted molar refractivity (Wildman–Crippen MR) is 489 cm³/mol. The molecular weight excluding hydrogens is 1410 g/mol. The van der Waals surface area contributed by atoms with Crippen molar-refractivity contribution in [3.63, 3.8) is 0 Å². The number of nitrogens with zero attached hydrogens (tertiary/aromatic N) is 14. The first kappa shape index (κ1) is 91.0. The summed E-state index contributed by atoms with van der Waals surface area (Å²) < 4.78 is 16.3. The van der Waals surface area contributed by atoms with Crippen LogP contribution in [-0.2, 0) is 49.3 Å². The fourth-order valence-electron chi connectivity index (χ4n) is 18.4. The molecule has 14 heteroatoms. The van der Waals surface area contributed by atoms with Crippen molar-refractivity contribution in [2.24, 2.45) is 49.3 Å². The molecule has 614 valence electrons. The van der Waals surface area contributed by atoms with Crippen LogP contribution in [0.25, 0.3) is 75.8 Å². The van der Waals surface area contributed by atoms with Gasteiger partial charge in [0.2, 0.25) is 5.69 Å². The van der Waals surface area contributed by atoms with Gasteiger partial charge in [-0.3, -0.25) is 29.9 Å². The molecule has 0 saturated heterocycles. The van der Waals surface area contributed by atoms with Crippen LogP contribution in [0.4, 0.5) is 0 Å². The maximum atomic E-state index is 4.55. The molecule has 0 aliphatic carbocycles. The molecule has 0 amide bonds. The van der Waals surface area contributed by atoms with Crippen molar-refractivity contribution in [1.29, 1.82) is 0 Å². The molecule has 0 unspecified atom stereocenters. The van der Waals surface area contributed by atoms with E-state index in [0.29, 0.717) is 82.9 Å². The van der Waals surface area contributed by atoms with Gasteiger partial charge in [0.05, 0.1) is 21.8 Å². The van der Waals surface area contributed by atoms with Gasteiger partial charge in [-0.1, -0.05) is 200 Å². The molecule has 0 saturated carbocycles. The molecule has 0 bridgehead atoms. The van der Waals surface area contributed by atoms with Gasteiger partial charge in [0.15, 0.2) is 28.5 Å². The molecule has 0 aromatic carbocycles. The Morgan fingerprint density at radius 3 is 0.870 bits per heavy atom. The minimum atomic E-state index is 0.482. The summed E-state index contributed by atoms with van der Waals surface area (Å²) in [6.45, 7) is 62.7. The fraction of sp³-hybridized carbons (Fsp3) is 0.485. The Morgan fingerprint density at radius 1 is 0.226 bits per heavy atom. The summed E-state index contributed by atoms with van der Waals surface area (Å²) in [5.41, 5.74) is 22.8. The summed E-state index contributed by atoms with van der Waals surface area (Å²) in [7, 11) is 15.1. The first-order chi connectivity index (χ1) is 54.2. The minimum Gasteiger partial charge on any atom is -0.350 e. The van der Waals surface area contributed by atoms with E-state index in [1.165, 1.54) is 150 Å². The predicted octanol–water partition coefficient (Wildman–Crippen LogP) is 25.2. The first-order valence-corrected chi connectivity index (χ1v) is 42.7. The van der Waals surface area contributed by atoms with E-state index < -0.39 is 0 Å². The van der Waals surface area contributed by atoms with Gasteiger partial charge in [0.1, 0.15) is 26.7 Å². The number of fused-ring (bicyclic) bond motifs is 7. The van der Waals surface area contributed by atoms with Gasteiger partial charge >= 0.3 is 0 Å². The van der Waals surface area contributed by atoms with Crippen LogP contribution in [-0.4, -0.2) is 53.2 Å². The lowest BCUT2D eigenvalue weighted by atomic mass is 9.99. The Bertz CT molecular complexity index is 4780. The van der Waals surface area contributed by atoms with Crippen LogP contribution in [0.15, 0.2) is 147 Å². The molecule has 0 aliphatic rings. The molecular formula is C101H143N14+3. The zero-order valence-corrected chi connectivity index (χ0v) is 77.2. The normalized spacial score (nSPS) is 11.8. The van der Waals surface area contributed by atoms with E-state index in [-0.39, 0.29) is 0 Å². The highest BCUT2D eigenvalue weighted by atomic mass is 15.0. The second-order valence-electron chi connectivity index (χ2n) is 36.0. The van der Waals surface area contributed by atoms with Crippen LogP contribution in [0.5, 0.6) is 0 Å². The lowest BCUT2D eigenvalue weighted by Gasteiger charge is -2.12. The quantitative estimate of drug-likeness (QED) is 0.0994. The van der Waals surface area contributed by atoms with Gasteiger partial charge in [-0.2, -0.15) is 0 Å². The van der Waals surface area contributed by atoms with Crippen LogP contribution < -0.4 is 13.7 Å². The van der Waals surface area contributed by atoms with Crippen LogP contribution in [0, 0.1) is 0 Å². The Morgan fingerprint density at radius 2 is 0.504 bits per heavy atom. The molecule has 0 aliphatic heterocycles. The highest BCUT2D eigenvalue weighted by Crippen LogP contribution is 2.38. The van der Waals surface area contributed by atoms with Crippen LogP contribution in [0.2, 0.25) is 0 Å². The number of pyridine rings is 10. The van der Waals surface area contributed by atoms with Gasteiger partial charge in [0, 0.05) is 239 Å². The average Bonchev–Trinajstić information content (AvgIpc) is 1.48. The van der Waals surface area contributed by atoms with Crippen LogP contribution in [0.3, 0.4) is 0 Å². The van der Waals surface area contributed by atoms with Crippen molar-refractivity contribution in [3.8, 4) is 0 Å². The topological polar surface area (TPSA) is 122 Å². The third-order valence-corrected chi connectivity index (χ3v) is 22.6. The summed E-state index contributed by atoms with van der Waals surface area (Å²) in [6.07, 6.45) is 21.1. The van der Waals surface area contributed by atoms with E-state index in [2.05, 4.69) is 371 Å². The minimum absolute atomic E-state index is 0.482. The Labute approximate surface area is 691 Å². The van der Waals surface area contributed by atoms with E-state index in [9.17, 15) is 0 Å². The molecule has 0 radical (unpaired) electrons. The molecule has 14 aromatic rings. The third-order valence-electron chi connectivity index (χ3n) is 22.6. The third kappa shape index (κ3) is 19.8. The van der Waals surface area contributed by atoms with Crippen molar-refractivity contribution in [1.82, 2.24) is 53.2 Å². The monoisotopic (exact) mass is 1550 g/mol. The van der Waals surface area contributed by atoms with E-state index in [1.807, 2.05) is 86.4 Å². The summed E-state index contributed by atoms with van der Waals surface area (Å²) in [4.78, 5) is 30.6. The van der Waals surface area contributed by atoms with Gasteiger partial charge in [0.25, 0.3) is 0 Å². The second kappa shape index (κ2) is 39.4. The standard InChI is InChI=1S/3C15H21N2.4C14H20N2/c1-10(2)14-8-12-9-16-7-6-13(12)15(11(3)4)17(14)5;1-10(2)14-8-12-6-7-16-9-13(12)15(11(3)4)17(14)5;1-10(2)13-9-12-7-6-8-16-14(12)15(11(3)4)17(13)5;2*1-9(2)13-11-6-7-15-8-12(11)14(10(3)4)16(13)5;2*1-9(2)13-11-7-6-8-15-12(11)14(10(3)4)16(13)5/h3*6-11H,1-5H3;4*6-10H,1-5H3/q3*+1;;;;. The summed E-state index contributed by atoms with van der Waals surface area (Å²) in [6, 6.07) is 27.9. The second-order valence-corrected chi connectivity index (χ2v) is 36.0. The SMILES string of the molecule is CC(C)c1c2cccnc2c(C(C)C)n1C.CC(C)c1c2cccnc2c(C(C)C)n1C.CC(C)c1c2ccncc2c(C(C)C)n1C.CC(C)c1c2ccncc2c(C(C)C)n1C.CC(C)c1cc2cccnc2c(C(C)C)[n+]1C.CC(C)c1cc2ccncc2c(C(C)C)[n+]1C.CC(C)c1cc2cnccc2c(C(C)C)[n+]1C. The molecule has 14 nitrogen and oxygen atoms in total. The lowest BCUT2D eigenvalue weighted by Crippen LogP contribution is -2.40. The zero-order chi connectivity index (χ0) is 85.2. The largest absolute Gasteiger partial charge is 0.350 e. The van der Waals surface area contributed by atoms with E-state index in [0.717, 1.165) is 5.52 Å². The highest BCUT2D eigenvalue weighted by molar-refractivity contribution is 5.91. The maximum Gasteiger partial charge on any atom is 0.210 e. The Hall–Kier alpha value is -9.56. The van der Waals surface area contributed by atoms with E-state index in [1.54, 1.807) is 0 Å². The van der Waals surface area contributed by atoms with Gasteiger partial charge in [-0.05, 0) is 107 Å². The number of rotatable bonds is 14. The van der Waals surface area contributed by atoms with Crippen LogP contribution in [0.1, 0.15) is 356 Å². The van der Waals surface area contributed by atoms with E-state index in [4.69, 9.17) is 0 Å². The van der Waals surface area contributed by atoms with Crippen molar-refractivity contribution in [2.75, 3.05) is 0 Å². The summed E-state index contributed by atoms with van der Waals surface area (Å²) >= 11 is 0. The summed E-state index contributed by atoms with van der Waals surface area (Å²) in [5.74, 6) is 7.33. The number of hydrogen-bond donors (Lipinski definition) is 0. The highest BCUT2D eigenvalue weighted by Gasteiger charge is 2.28.